The summed E-state index contributed by atoms with van der Waals surface area (Å²) in [5.41, 5.74) is 4.12. The van der Waals surface area contributed by atoms with Crippen molar-refractivity contribution in [2.24, 2.45) is 0 Å². The first-order valence-corrected chi connectivity index (χ1v) is 15.1. The number of urea groups is 1. The first-order chi connectivity index (χ1) is 22.1. The number of aromatic amines is 1. The van der Waals surface area contributed by atoms with Crippen LogP contribution in [0.3, 0.4) is 0 Å². The van der Waals surface area contributed by atoms with Crippen LogP contribution in [0.1, 0.15) is 29.3 Å². The summed E-state index contributed by atoms with van der Waals surface area (Å²) in [6.07, 6.45) is -0.977. The molecule has 46 heavy (non-hydrogen) atoms. The van der Waals surface area contributed by atoms with E-state index >= 15 is 0 Å². The zero-order valence-electron chi connectivity index (χ0n) is 25.2. The van der Waals surface area contributed by atoms with Crippen LogP contribution in [0.15, 0.2) is 79.0 Å². The molecule has 0 spiro atoms. The minimum absolute atomic E-state index is 0.0449. The van der Waals surface area contributed by atoms with Gasteiger partial charge in [-0.2, -0.15) is 13.2 Å². The summed E-state index contributed by atoms with van der Waals surface area (Å²) in [6, 6.07) is 19.4. The Balaban J connectivity index is 1.09. The molecule has 6 rings (SSSR count). The number of aromatic nitrogens is 1. The molecule has 4 aromatic rings. The number of H-pyrrole nitrogens is 1. The number of anilines is 5. The Morgan fingerprint density at radius 3 is 2.28 bits per heavy atom. The fourth-order valence-electron chi connectivity index (χ4n) is 5.70. The van der Waals surface area contributed by atoms with Gasteiger partial charge < -0.3 is 31.2 Å². The average molecular weight is 630 g/mol. The molecule has 0 atom stereocenters. The summed E-state index contributed by atoms with van der Waals surface area (Å²) in [4.78, 5) is 32.7. The zero-order valence-corrected chi connectivity index (χ0v) is 25.2. The van der Waals surface area contributed by atoms with E-state index in [4.69, 9.17) is 0 Å². The predicted octanol–water partition coefficient (Wildman–Crippen LogP) is 7.05. The third kappa shape index (κ3) is 7.24. The molecule has 9 nitrogen and oxygen atoms in total. The van der Waals surface area contributed by atoms with Crippen molar-refractivity contribution in [3.63, 3.8) is 0 Å². The molecule has 1 fully saturated rings. The molecule has 2 aliphatic heterocycles. The SMILES string of the molecule is CCN1CCN(Cc2ccc(NC(=O)Nc3cccc(Nc4ccc5c(c4)NC(=O)/C5=C\c4ccc[nH]4)c3)cc2C(F)(F)F)CC1. The van der Waals surface area contributed by atoms with E-state index in [0.29, 0.717) is 41.4 Å². The number of hydrogen-bond acceptors (Lipinski definition) is 5. The highest BCUT2D eigenvalue weighted by Crippen LogP contribution is 2.36. The number of nitrogens with one attached hydrogen (secondary N) is 5. The van der Waals surface area contributed by atoms with E-state index in [-0.39, 0.29) is 23.7 Å². The van der Waals surface area contributed by atoms with Crippen LogP contribution in [0.25, 0.3) is 11.6 Å². The van der Waals surface area contributed by atoms with Crippen molar-refractivity contribution in [2.45, 2.75) is 19.6 Å². The number of hydrogen-bond donors (Lipinski definition) is 5. The van der Waals surface area contributed by atoms with Crippen LogP contribution in [0.2, 0.25) is 0 Å². The lowest BCUT2D eigenvalue weighted by Crippen LogP contribution is -2.45. The van der Waals surface area contributed by atoms with Crippen LogP contribution in [0, 0.1) is 0 Å². The number of likely N-dealkylation sites (N-methyl/N-ethyl adjacent to an activating group) is 1. The number of carbonyl (C=O) groups excluding carboxylic acids is 2. The van der Waals surface area contributed by atoms with Crippen LogP contribution in [-0.4, -0.2) is 59.4 Å². The first kappa shape index (κ1) is 30.9. The van der Waals surface area contributed by atoms with Gasteiger partial charge in [0.1, 0.15) is 0 Å². The second-order valence-corrected chi connectivity index (χ2v) is 11.3. The van der Waals surface area contributed by atoms with E-state index in [9.17, 15) is 22.8 Å². The Bertz CT molecular complexity index is 1760. The Morgan fingerprint density at radius 2 is 1.57 bits per heavy atom. The number of piperazine rings is 1. The number of nitrogens with zero attached hydrogens (tertiary/aromatic N) is 2. The average Bonchev–Trinajstić information content (AvgIpc) is 3.65. The van der Waals surface area contributed by atoms with E-state index in [1.54, 1.807) is 30.5 Å². The van der Waals surface area contributed by atoms with Crippen molar-refractivity contribution in [1.29, 1.82) is 0 Å². The van der Waals surface area contributed by atoms with Crippen molar-refractivity contribution in [3.8, 4) is 0 Å². The molecule has 3 aromatic carbocycles. The molecule has 0 radical (unpaired) electrons. The van der Waals surface area contributed by atoms with E-state index in [2.05, 4.69) is 38.1 Å². The largest absolute Gasteiger partial charge is 0.416 e. The van der Waals surface area contributed by atoms with Gasteiger partial charge in [0.15, 0.2) is 0 Å². The van der Waals surface area contributed by atoms with Crippen LogP contribution < -0.4 is 21.3 Å². The van der Waals surface area contributed by atoms with Crippen molar-refractivity contribution in [1.82, 2.24) is 14.8 Å². The monoisotopic (exact) mass is 629 g/mol. The van der Waals surface area contributed by atoms with Gasteiger partial charge in [0.25, 0.3) is 5.91 Å². The molecule has 238 valence electrons. The summed E-state index contributed by atoms with van der Waals surface area (Å²) in [5, 5.41) is 11.4. The summed E-state index contributed by atoms with van der Waals surface area (Å²) in [5.74, 6) is -0.193. The zero-order chi connectivity index (χ0) is 32.3. The Morgan fingerprint density at radius 1 is 0.870 bits per heavy atom. The summed E-state index contributed by atoms with van der Waals surface area (Å²) in [7, 11) is 0. The van der Waals surface area contributed by atoms with Gasteiger partial charge in [-0.05, 0) is 72.8 Å². The molecule has 3 heterocycles. The summed E-state index contributed by atoms with van der Waals surface area (Å²) >= 11 is 0. The maximum absolute atomic E-state index is 14.0. The minimum atomic E-state index is -4.56. The normalized spacial score (nSPS) is 16.3. The number of fused-ring (bicyclic) bond motifs is 1. The molecule has 0 saturated carbocycles. The van der Waals surface area contributed by atoms with Crippen LogP contribution in [-0.2, 0) is 17.5 Å². The minimum Gasteiger partial charge on any atom is -0.362 e. The van der Waals surface area contributed by atoms with Crippen molar-refractivity contribution in [3.05, 3.63) is 101 Å². The summed E-state index contributed by atoms with van der Waals surface area (Å²) < 4.78 is 42.0. The number of rotatable bonds is 8. The number of benzene rings is 3. The number of carbonyl (C=O) groups is 2. The first-order valence-electron chi connectivity index (χ1n) is 15.1. The molecule has 3 amide bonds. The molecule has 5 N–H and O–H groups in total. The van der Waals surface area contributed by atoms with E-state index < -0.39 is 17.8 Å². The van der Waals surface area contributed by atoms with E-state index in [1.807, 2.05) is 41.3 Å². The van der Waals surface area contributed by atoms with Crippen molar-refractivity contribution < 1.29 is 22.8 Å². The van der Waals surface area contributed by atoms with Gasteiger partial charge in [-0.3, -0.25) is 9.69 Å². The lowest BCUT2D eigenvalue weighted by atomic mass is 10.0. The second kappa shape index (κ2) is 13.1. The molecular formula is C34H34F3N7O2. The Hall–Kier alpha value is -5.07. The van der Waals surface area contributed by atoms with Gasteiger partial charge in [-0.15, -0.1) is 0 Å². The standard InChI is InChI=1S/C34H34F3N7O2/c1-2-43-13-15-44(16-14-43)21-22-8-9-26(19-30(22)34(35,36)37)41-33(46)40-25-6-3-5-24(17-25)39-27-10-11-28-29(18-23-7-4-12-38-23)32(45)42-31(28)20-27/h3-12,17-20,38-39H,2,13-16,21H2,1H3,(H,42,45)(H2,40,41,46)/b29-18-. The highest BCUT2D eigenvalue weighted by atomic mass is 19.4. The topological polar surface area (TPSA) is 105 Å². The van der Waals surface area contributed by atoms with E-state index in [0.717, 1.165) is 37.0 Å². The quantitative estimate of drug-likeness (QED) is 0.134. The highest BCUT2D eigenvalue weighted by Gasteiger charge is 2.34. The van der Waals surface area contributed by atoms with Crippen molar-refractivity contribution >= 4 is 52.0 Å². The Kier molecular flexibility index (Phi) is 8.82. The lowest BCUT2D eigenvalue weighted by Gasteiger charge is -2.34. The smallest absolute Gasteiger partial charge is 0.362 e. The molecule has 0 unspecified atom stereocenters. The summed E-state index contributed by atoms with van der Waals surface area (Å²) in [6.45, 7) is 6.26. The fourth-order valence-corrected chi connectivity index (χ4v) is 5.70. The van der Waals surface area contributed by atoms with Gasteiger partial charge in [-0.1, -0.05) is 25.1 Å². The molecular weight excluding hydrogens is 595 g/mol. The Labute approximate surface area is 264 Å². The van der Waals surface area contributed by atoms with Crippen LogP contribution in [0.4, 0.5) is 46.4 Å². The molecule has 0 aliphatic carbocycles. The van der Waals surface area contributed by atoms with Crippen molar-refractivity contribution in [2.75, 3.05) is 54.0 Å². The van der Waals surface area contributed by atoms with Crippen LogP contribution >= 0.6 is 0 Å². The van der Waals surface area contributed by atoms with Gasteiger partial charge in [0, 0.05) is 72.9 Å². The molecule has 12 heteroatoms. The predicted molar refractivity (Wildman–Crippen MR) is 175 cm³/mol. The third-order valence-corrected chi connectivity index (χ3v) is 8.11. The fraction of sp³-hybridized carbons (Fsp3) is 0.235. The van der Waals surface area contributed by atoms with E-state index in [1.165, 1.54) is 12.1 Å². The highest BCUT2D eigenvalue weighted by molar-refractivity contribution is 6.35. The van der Waals surface area contributed by atoms with Gasteiger partial charge in [0.2, 0.25) is 0 Å². The van der Waals surface area contributed by atoms with Gasteiger partial charge in [0.05, 0.1) is 16.8 Å². The maximum Gasteiger partial charge on any atom is 0.416 e. The van der Waals surface area contributed by atoms with Crippen LogP contribution in [0.5, 0.6) is 0 Å². The molecule has 1 aromatic heterocycles. The molecule has 2 aliphatic rings. The maximum atomic E-state index is 14.0. The molecule has 0 bridgehead atoms. The molecule has 1 saturated heterocycles. The number of halogens is 3. The van der Waals surface area contributed by atoms with Gasteiger partial charge >= 0.3 is 12.2 Å². The number of alkyl halides is 3. The lowest BCUT2D eigenvalue weighted by molar-refractivity contribution is -0.138. The third-order valence-electron chi connectivity index (χ3n) is 8.11. The second-order valence-electron chi connectivity index (χ2n) is 11.3. The van der Waals surface area contributed by atoms with Gasteiger partial charge in [-0.25, -0.2) is 4.79 Å². The number of amides is 3.